The molecular weight excluding hydrogens is 236 g/mol. The largest absolute Gasteiger partial charge is 0.497 e. The lowest BCUT2D eigenvalue weighted by Gasteiger charge is -2.07. The van der Waals surface area contributed by atoms with Crippen molar-refractivity contribution >= 4 is 11.6 Å². The van der Waals surface area contributed by atoms with Crippen molar-refractivity contribution < 1.29 is 9.47 Å². The van der Waals surface area contributed by atoms with Crippen molar-refractivity contribution in [2.24, 2.45) is 0 Å². The Morgan fingerprint density at radius 2 is 1.47 bits per heavy atom. The highest BCUT2D eigenvalue weighted by Crippen LogP contribution is 2.25. The molecule has 0 bridgehead atoms. The fourth-order valence-corrected chi connectivity index (χ4v) is 1.95. The predicted octanol–water partition coefficient (Wildman–Crippen LogP) is 4.26. The number of allylic oxidation sites excluding steroid dienone is 1. The van der Waals surface area contributed by atoms with Gasteiger partial charge in [-0.05, 0) is 35.8 Å². The van der Waals surface area contributed by atoms with Gasteiger partial charge in [0.25, 0.3) is 0 Å². The van der Waals surface area contributed by atoms with E-state index in [0.717, 1.165) is 17.1 Å². The molecule has 0 saturated carbocycles. The maximum absolute atomic E-state index is 5.28. The smallest absolute Gasteiger partial charge is 0.123 e. The molecular formula is C17H18O2. The number of ether oxygens (including phenoxy) is 2. The molecule has 0 spiro atoms. The van der Waals surface area contributed by atoms with Gasteiger partial charge in [0.05, 0.1) is 14.2 Å². The predicted molar refractivity (Wildman–Crippen MR) is 79.5 cm³/mol. The van der Waals surface area contributed by atoms with Crippen molar-refractivity contribution in [1.82, 2.24) is 0 Å². The molecule has 2 rings (SSSR count). The first-order valence-corrected chi connectivity index (χ1v) is 6.19. The van der Waals surface area contributed by atoms with E-state index in [0.29, 0.717) is 0 Å². The Morgan fingerprint density at radius 1 is 0.895 bits per heavy atom. The molecule has 0 heterocycles. The topological polar surface area (TPSA) is 18.5 Å². The third-order valence-electron chi connectivity index (χ3n) is 2.99. The molecule has 2 aromatic rings. The standard InChI is InChI=1S/C17H18O2/c1-13(15-7-5-4-6-8-15)9-14-10-16(18-2)12-17(11-14)19-3/h4-12H,1-3H3. The third kappa shape index (κ3) is 3.38. The van der Waals surface area contributed by atoms with Gasteiger partial charge in [-0.2, -0.15) is 0 Å². The molecule has 0 atom stereocenters. The van der Waals surface area contributed by atoms with Crippen LogP contribution in [-0.4, -0.2) is 14.2 Å². The van der Waals surface area contributed by atoms with Crippen LogP contribution in [0.25, 0.3) is 11.6 Å². The zero-order valence-electron chi connectivity index (χ0n) is 11.5. The Morgan fingerprint density at radius 3 is 2.00 bits per heavy atom. The maximum atomic E-state index is 5.28. The molecule has 19 heavy (non-hydrogen) atoms. The van der Waals surface area contributed by atoms with Crippen LogP contribution in [0, 0.1) is 0 Å². The fraction of sp³-hybridized carbons (Fsp3) is 0.176. The van der Waals surface area contributed by atoms with E-state index in [1.54, 1.807) is 14.2 Å². The van der Waals surface area contributed by atoms with Gasteiger partial charge in [-0.3, -0.25) is 0 Å². The van der Waals surface area contributed by atoms with Gasteiger partial charge < -0.3 is 9.47 Å². The highest BCUT2D eigenvalue weighted by Gasteiger charge is 2.01. The first kappa shape index (κ1) is 13.2. The molecule has 0 radical (unpaired) electrons. The second-order valence-corrected chi connectivity index (χ2v) is 4.34. The number of methoxy groups -OCH3 is 2. The summed E-state index contributed by atoms with van der Waals surface area (Å²) in [5.41, 5.74) is 3.48. The first-order valence-electron chi connectivity index (χ1n) is 6.19. The van der Waals surface area contributed by atoms with E-state index in [2.05, 4.69) is 25.1 Å². The molecule has 0 amide bonds. The van der Waals surface area contributed by atoms with Crippen LogP contribution in [-0.2, 0) is 0 Å². The number of hydrogen-bond donors (Lipinski definition) is 0. The van der Waals surface area contributed by atoms with Crippen molar-refractivity contribution in [2.75, 3.05) is 14.2 Å². The molecule has 0 N–H and O–H groups in total. The van der Waals surface area contributed by atoms with Crippen molar-refractivity contribution in [3.05, 3.63) is 59.7 Å². The monoisotopic (exact) mass is 254 g/mol. The van der Waals surface area contributed by atoms with Crippen LogP contribution in [0.4, 0.5) is 0 Å². The highest BCUT2D eigenvalue weighted by atomic mass is 16.5. The van der Waals surface area contributed by atoms with E-state index in [1.807, 2.05) is 36.4 Å². The summed E-state index contributed by atoms with van der Waals surface area (Å²) in [5, 5.41) is 0. The Kier molecular flexibility index (Phi) is 4.24. The lowest BCUT2D eigenvalue weighted by Crippen LogP contribution is -1.88. The average Bonchev–Trinajstić information content (AvgIpc) is 2.47. The highest BCUT2D eigenvalue weighted by molar-refractivity contribution is 5.80. The molecule has 0 saturated heterocycles. The summed E-state index contributed by atoms with van der Waals surface area (Å²) in [6.07, 6.45) is 2.13. The summed E-state index contributed by atoms with van der Waals surface area (Å²) < 4.78 is 10.6. The molecule has 0 aliphatic carbocycles. The van der Waals surface area contributed by atoms with E-state index in [4.69, 9.17) is 9.47 Å². The summed E-state index contributed by atoms with van der Waals surface area (Å²) in [6.45, 7) is 2.10. The lowest BCUT2D eigenvalue weighted by molar-refractivity contribution is 0.394. The van der Waals surface area contributed by atoms with Crippen LogP contribution in [0.15, 0.2) is 48.5 Å². The van der Waals surface area contributed by atoms with E-state index >= 15 is 0 Å². The molecule has 0 aliphatic heterocycles. The Balaban J connectivity index is 2.37. The molecule has 0 aliphatic rings. The van der Waals surface area contributed by atoms with Crippen LogP contribution >= 0.6 is 0 Å². The first-order chi connectivity index (χ1) is 9.22. The van der Waals surface area contributed by atoms with E-state index in [1.165, 1.54) is 11.1 Å². The number of benzene rings is 2. The van der Waals surface area contributed by atoms with Crippen LogP contribution in [0.5, 0.6) is 11.5 Å². The van der Waals surface area contributed by atoms with Gasteiger partial charge in [0.2, 0.25) is 0 Å². The van der Waals surface area contributed by atoms with E-state index < -0.39 is 0 Å². The van der Waals surface area contributed by atoms with Gasteiger partial charge in [0.15, 0.2) is 0 Å². The van der Waals surface area contributed by atoms with Gasteiger partial charge in [-0.1, -0.05) is 36.4 Å². The minimum absolute atomic E-state index is 0.798. The molecule has 2 heteroatoms. The summed E-state index contributed by atoms with van der Waals surface area (Å²) >= 11 is 0. The van der Waals surface area contributed by atoms with E-state index in [-0.39, 0.29) is 0 Å². The zero-order chi connectivity index (χ0) is 13.7. The normalized spacial score (nSPS) is 11.2. The zero-order valence-corrected chi connectivity index (χ0v) is 11.5. The van der Waals surface area contributed by atoms with Gasteiger partial charge in [-0.25, -0.2) is 0 Å². The second-order valence-electron chi connectivity index (χ2n) is 4.34. The summed E-state index contributed by atoms with van der Waals surface area (Å²) in [5.74, 6) is 1.60. The minimum atomic E-state index is 0.798. The van der Waals surface area contributed by atoms with Gasteiger partial charge in [0.1, 0.15) is 11.5 Å². The number of hydrogen-bond acceptors (Lipinski definition) is 2. The van der Waals surface area contributed by atoms with Crippen LogP contribution in [0.1, 0.15) is 18.1 Å². The molecule has 0 fully saturated rings. The Labute approximate surface area is 114 Å². The molecule has 0 aromatic heterocycles. The molecule has 2 aromatic carbocycles. The van der Waals surface area contributed by atoms with Crippen molar-refractivity contribution in [2.45, 2.75) is 6.92 Å². The summed E-state index contributed by atoms with van der Waals surface area (Å²) in [4.78, 5) is 0. The van der Waals surface area contributed by atoms with Crippen LogP contribution in [0.2, 0.25) is 0 Å². The SMILES string of the molecule is COc1cc(C=C(C)c2ccccc2)cc(OC)c1. The quantitative estimate of drug-likeness (QED) is 0.759. The molecule has 2 nitrogen and oxygen atoms in total. The van der Waals surface area contributed by atoms with Gasteiger partial charge in [-0.15, -0.1) is 0 Å². The molecule has 98 valence electrons. The van der Waals surface area contributed by atoms with E-state index in [9.17, 15) is 0 Å². The number of rotatable bonds is 4. The van der Waals surface area contributed by atoms with Crippen LogP contribution in [0.3, 0.4) is 0 Å². The minimum Gasteiger partial charge on any atom is -0.497 e. The van der Waals surface area contributed by atoms with Crippen molar-refractivity contribution in [3.8, 4) is 11.5 Å². The molecule has 0 unspecified atom stereocenters. The Hall–Kier alpha value is -2.22. The Bertz CT molecular complexity index is 549. The van der Waals surface area contributed by atoms with Gasteiger partial charge >= 0.3 is 0 Å². The van der Waals surface area contributed by atoms with Crippen LogP contribution < -0.4 is 9.47 Å². The second kappa shape index (κ2) is 6.10. The summed E-state index contributed by atoms with van der Waals surface area (Å²) in [7, 11) is 3.32. The van der Waals surface area contributed by atoms with Gasteiger partial charge in [0, 0.05) is 6.07 Å². The summed E-state index contributed by atoms with van der Waals surface area (Å²) in [6, 6.07) is 16.2. The third-order valence-corrected chi connectivity index (χ3v) is 2.99. The fourth-order valence-electron chi connectivity index (χ4n) is 1.95. The van der Waals surface area contributed by atoms with Crippen molar-refractivity contribution in [3.63, 3.8) is 0 Å². The maximum Gasteiger partial charge on any atom is 0.123 e. The lowest BCUT2D eigenvalue weighted by atomic mass is 10.0. The van der Waals surface area contributed by atoms with Crippen molar-refractivity contribution in [1.29, 1.82) is 0 Å². The average molecular weight is 254 g/mol.